The van der Waals surface area contributed by atoms with Crippen molar-refractivity contribution in [1.29, 1.82) is 0 Å². The Morgan fingerprint density at radius 1 is 1.12 bits per heavy atom. The minimum absolute atomic E-state index is 0.147. The van der Waals surface area contributed by atoms with E-state index in [0.717, 1.165) is 50.4 Å². The van der Waals surface area contributed by atoms with Crippen molar-refractivity contribution in [2.24, 2.45) is 0 Å². The second-order valence-electron chi connectivity index (χ2n) is 10.3. The Labute approximate surface area is 200 Å². The monoisotopic (exact) mass is 470 g/mol. The first-order chi connectivity index (χ1) is 16.1. The van der Waals surface area contributed by atoms with E-state index >= 15 is 0 Å². The smallest absolute Gasteiger partial charge is 0.306 e. The highest BCUT2D eigenvalue weighted by atomic mass is 16.6. The fraction of sp³-hybridized carbons (Fsp3) is 0.600. The van der Waals surface area contributed by atoms with Crippen molar-refractivity contribution in [1.82, 2.24) is 15.1 Å². The van der Waals surface area contributed by atoms with Gasteiger partial charge in [-0.3, -0.25) is 29.4 Å². The molecule has 9 nitrogen and oxygen atoms in total. The third kappa shape index (κ3) is 5.58. The molecule has 0 unspecified atom stereocenters. The molecule has 1 N–H and O–H groups in total. The number of nitrogens with one attached hydrogen (secondary N) is 1. The predicted octanol–water partition coefficient (Wildman–Crippen LogP) is 1.69. The van der Waals surface area contributed by atoms with E-state index in [0.29, 0.717) is 24.9 Å². The second-order valence-corrected chi connectivity index (χ2v) is 10.3. The summed E-state index contributed by atoms with van der Waals surface area (Å²) >= 11 is 0. The van der Waals surface area contributed by atoms with Gasteiger partial charge in [-0.25, -0.2) is 0 Å². The summed E-state index contributed by atoms with van der Waals surface area (Å²) in [7, 11) is 0. The molecule has 2 saturated heterocycles. The van der Waals surface area contributed by atoms with Crippen LogP contribution in [0.2, 0.25) is 0 Å². The third-order valence-electron chi connectivity index (χ3n) is 6.52. The number of piperidine rings is 1. The predicted molar refractivity (Wildman–Crippen MR) is 126 cm³/mol. The van der Waals surface area contributed by atoms with Gasteiger partial charge in [0.15, 0.2) is 0 Å². The molecule has 1 aromatic carbocycles. The molecule has 0 spiro atoms. The number of esters is 1. The summed E-state index contributed by atoms with van der Waals surface area (Å²) < 4.78 is 5.37. The number of hydrogen-bond acceptors (Lipinski definition) is 7. The Bertz CT molecular complexity index is 978. The fourth-order valence-electron chi connectivity index (χ4n) is 4.83. The summed E-state index contributed by atoms with van der Waals surface area (Å²) in [5.41, 5.74) is 2.19. The van der Waals surface area contributed by atoms with Crippen molar-refractivity contribution in [3.8, 4) is 0 Å². The van der Waals surface area contributed by atoms with Crippen molar-refractivity contribution in [2.45, 2.75) is 64.6 Å². The molecule has 0 radical (unpaired) electrons. The van der Waals surface area contributed by atoms with Crippen molar-refractivity contribution >= 4 is 29.4 Å². The van der Waals surface area contributed by atoms with Crippen molar-refractivity contribution < 1.29 is 23.9 Å². The van der Waals surface area contributed by atoms with Crippen molar-refractivity contribution in [3.63, 3.8) is 0 Å². The van der Waals surface area contributed by atoms with Gasteiger partial charge < -0.3 is 14.5 Å². The highest BCUT2D eigenvalue weighted by Crippen LogP contribution is 2.31. The van der Waals surface area contributed by atoms with Crippen LogP contribution in [0.4, 0.5) is 5.69 Å². The van der Waals surface area contributed by atoms with Gasteiger partial charge in [-0.2, -0.15) is 0 Å². The topological polar surface area (TPSA) is 99.3 Å². The van der Waals surface area contributed by atoms with Gasteiger partial charge in [0, 0.05) is 56.8 Å². The Morgan fingerprint density at radius 2 is 1.85 bits per heavy atom. The summed E-state index contributed by atoms with van der Waals surface area (Å²) in [6.07, 6.45) is 1.84. The van der Waals surface area contributed by atoms with Gasteiger partial charge in [-0.05, 0) is 63.9 Å². The molecule has 0 saturated carbocycles. The molecule has 4 rings (SSSR count). The van der Waals surface area contributed by atoms with Gasteiger partial charge >= 0.3 is 5.97 Å². The lowest BCUT2D eigenvalue weighted by molar-refractivity contribution is -0.155. The number of hydrogen-bond donors (Lipinski definition) is 1. The zero-order chi connectivity index (χ0) is 24.5. The number of piperazine rings is 1. The molecule has 3 aliphatic rings. The first kappa shape index (κ1) is 24.2. The van der Waals surface area contributed by atoms with Gasteiger partial charge in [0.05, 0.1) is 0 Å². The number of fused-ring (bicyclic) bond motifs is 1. The molecule has 3 amide bonds. The lowest BCUT2D eigenvalue weighted by atomic mass is 10.0. The van der Waals surface area contributed by atoms with Gasteiger partial charge in [-0.15, -0.1) is 0 Å². The molecule has 3 heterocycles. The quantitative estimate of drug-likeness (QED) is 0.499. The van der Waals surface area contributed by atoms with Crippen LogP contribution in [0.5, 0.6) is 0 Å². The minimum Gasteiger partial charge on any atom is -0.460 e. The molecule has 1 aromatic rings. The Hall–Kier alpha value is -2.94. The van der Waals surface area contributed by atoms with Crippen LogP contribution in [-0.4, -0.2) is 77.9 Å². The maximum absolute atomic E-state index is 12.9. The summed E-state index contributed by atoms with van der Waals surface area (Å²) in [5, 5.41) is 2.34. The maximum atomic E-state index is 12.9. The van der Waals surface area contributed by atoms with E-state index in [1.807, 2.05) is 32.9 Å². The number of carbonyl (C=O) groups excluding carboxylic acids is 4. The number of imide groups is 1. The van der Waals surface area contributed by atoms with Gasteiger partial charge in [0.2, 0.25) is 11.8 Å². The SMILES string of the molecule is CC(C)(C)OC(=O)CCCN1CCN(c2ccc3c(c2)CN([C@H]2CCC(=O)NC2=O)C3=O)CC1. The number of benzene rings is 1. The van der Waals surface area contributed by atoms with E-state index in [2.05, 4.69) is 21.2 Å². The Balaban J connectivity index is 1.28. The lowest BCUT2D eigenvalue weighted by Gasteiger charge is -2.36. The first-order valence-corrected chi connectivity index (χ1v) is 12.1. The molecule has 34 heavy (non-hydrogen) atoms. The zero-order valence-electron chi connectivity index (χ0n) is 20.3. The van der Waals surface area contributed by atoms with Gasteiger partial charge in [0.25, 0.3) is 5.91 Å². The third-order valence-corrected chi connectivity index (χ3v) is 6.52. The molecule has 0 bridgehead atoms. The average Bonchev–Trinajstić information content (AvgIpc) is 3.08. The maximum Gasteiger partial charge on any atom is 0.306 e. The fourth-order valence-corrected chi connectivity index (χ4v) is 4.83. The van der Waals surface area contributed by atoms with Crippen LogP contribution in [-0.2, 0) is 25.7 Å². The van der Waals surface area contributed by atoms with E-state index in [4.69, 9.17) is 4.74 Å². The van der Waals surface area contributed by atoms with E-state index in [-0.39, 0.29) is 30.1 Å². The highest BCUT2D eigenvalue weighted by Gasteiger charge is 2.39. The molecule has 1 atom stereocenters. The minimum atomic E-state index is -0.592. The van der Waals surface area contributed by atoms with E-state index in [9.17, 15) is 19.2 Å². The van der Waals surface area contributed by atoms with Crippen LogP contribution in [0.25, 0.3) is 0 Å². The number of carbonyl (C=O) groups is 4. The number of ether oxygens (including phenoxy) is 1. The van der Waals surface area contributed by atoms with E-state index in [1.54, 1.807) is 4.90 Å². The molecule has 2 fully saturated rings. The number of anilines is 1. The summed E-state index contributed by atoms with van der Waals surface area (Å²) in [4.78, 5) is 54.7. The summed E-state index contributed by atoms with van der Waals surface area (Å²) in [5.74, 6) is -0.965. The lowest BCUT2D eigenvalue weighted by Crippen LogP contribution is -2.52. The largest absolute Gasteiger partial charge is 0.460 e. The highest BCUT2D eigenvalue weighted by molar-refractivity contribution is 6.05. The summed E-state index contributed by atoms with van der Waals surface area (Å²) in [6.45, 7) is 10.5. The van der Waals surface area contributed by atoms with Crippen LogP contribution >= 0.6 is 0 Å². The van der Waals surface area contributed by atoms with Crippen LogP contribution in [0.1, 0.15) is 62.4 Å². The van der Waals surface area contributed by atoms with Crippen LogP contribution in [0, 0.1) is 0 Å². The number of amides is 3. The molecule has 0 aliphatic carbocycles. The Morgan fingerprint density at radius 3 is 2.53 bits per heavy atom. The number of rotatable bonds is 6. The Kier molecular flexibility index (Phi) is 6.93. The second kappa shape index (κ2) is 9.74. The van der Waals surface area contributed by atoms with Gasteiger partial charge in [-0.1, -0.05) is 0 Å². The molecule has 3 aliphatic heterocycles. The molecule has 184 valence electrons. The average molecular weight is 471 g/mol. The molecular weight excluding hydrogens is 436 g/mol. The van der Waals surface area contributed by atoms with Crippen molar-refractivity contribution in [3.05, 3.63) is 29.3 Å². The first-order valence-electron chi connectivity index (χ1n) is 12.1. The van der Waals surface area contributed by atoms with Crippen LogP contribution < -0.4 is 10.2 Å². The van der Waals surface area contributed by atoms with Crippen LogP contribution in [0.15, 0.2) is 18.2 Å². The zero-order valence-corrected chi connectivity index (χ0v) is 20.3. The van der Waals surface area contributed by atoms with Crippen LogP contribution in [0.3, 0.4) is 0 Å². The molecular formula is C25H34N4O5. The normalized spacial score (nSPS) is 21.5. The van der Waals surface area contributed by atoms with E-state index < -0.39 is 11.6 Å². The molecule has 0 aromatic heterocycles. The van der Waals surface area contributed by atoms with E-state index in [1.165, 1.54) is 0 Å². The molecule has 9 heteroatoms. The standard InChI is InChI=1S/C25H34N4O5/c1-25(2,3)34-22(31)5-4-10-27-11-13-28(14-12-27)18-6-7-19-17(15-18)16-29(24(19)33)20-8-9-21(30)26-23(20)32/h6-7,15,20H,4-5,8-14,16H2,1-3H3,(H,26,30,32)/t20-/m0/s1. The summed E-state index contributed by atoms with van der Waals surface area (Å²) in [6, 6.07) is 5.29. The van der Waals surface area contributed by atoms with Gasteiger partial charge in [0.1, 0.15) is 11.6 Å². The van der Waals surface area contributed by atoms with Crippen molar-refractivity contribution in [2.75, 3.05) is 37.6 Å². The number of nitrogens with zero attached hydrogens (tertiary/aromatic N) is 3.